The monoisotopic (exact) mass is 333 g/mol. The third-order valence-electron chi connectivity index (χ3n) is 1.48. The number of hydrogen-bond acceptors (Lipinski definition) is 2. The van der Waals surface area contributed by atoms with Crippen LogP contribution in [0.3, 0.4) is 0 Å². The molecular formula is C16H24N2Y-2. The number of benzene rings is 2. The number of hydrazine groups is 1. The largest absolute Gasteiger partial charge is 0.378 e. The van der Waals surface area contributed by atoms with Crippen LogP contribution in [-0.2, 0) is 32.7 Å². The fraction of sp³-hybridized carbons (Fsp3) is 0.250. The van der Waals surface area contributed by atoms with E-state index in [-0.39, 0.29) is 32.7 Å². The molecule has 0 bridgehead atoms. The van der Waals surface area contributed by atoms with Crippen molar-refractivity contribution in [3.63, 3.8) is 0 Å². The second kappa shape index (κ2) is 22.5. The Hall–Kier alpha value is -0.696. The van der Waals surface area contributed by atoms with E-state index in [0.717, 1.165) is 5.69 Å². The standard InChI is InChI=1S/C6H7N2.C6H5.2C2H6.Y/c7-8-6-4-2-1-3-5-6;1-2-4-6-5-3-1;2*1-2;/h1-2,4-5,8H,7H2;1-5H;2*1-2H3;/q2*-1;;;. The Morgan fingerprint density at radius 1 is 0.842 bits per heavy atom. The Morgan fingerprint density at radius 3 is 1.58 bits per heavy atom. The minimum Gasteiger partial charge on any atom is -0.378 e. The Morgan fingerprint density at radius 2 is 1.37 bits per heavy atom. The van der Waals surface area contributed by atoms with E-state index in [4.69, 9.17) is 5.84 Å². The molecule has 3 N–H and O–H groups in total. The van der Waals surface area contributed by atoms with Gasteiger partial charge in [0.2, 0.25) is 0 Å². The number of hydrogen-bond donors (Lipinski definition) is 2. The second-order valence-electron chi connectivity index (χ2n) is 2.51. The van der Waals surface area contributed by atoms with Gasteiger partial charge in [-0.1, -0.05) is 33.4 Å². The molecule has 0 heterocycles. The van der Waals surface area contributed by atoms with Crippen LogP contribution >= 0.6 is 0 Å². The quantitative estimate of drug-likeness (QED) is 0.464. The van der Waals surface area contributed by atoms with Gasteiger partial charge in [0.15, 0.2) is 0 Å². The van der Waals surface area contributed by atoms with Crippen molar-refractivity contribution >= 4 is 5.69 Å². The van der Waals surface area contributed by atoms with Gasteiger partial charge in [0.05, 0.1) is 0 Å². The van der Waals surface area contributed by atoms with Crippen molar-refractivity contribution in [1.29, 1.82) is 0 Å². The molecule has 0 aromatic heterocycles. The van der Waals surface area contributed by atoms with E-state index >= 15 is 0 Å². The van der Waals surface area contributed by atoms with Crippen LogP contribution in [0.25, 0.3) is 0 Å². The summed E-state index contributed by atoms with van der Waals surface area (Å²) in [6, 6.07) is 22.7. The molecule has 0 spiro atoms. The molecule has 2 aromatic rings. The molecule has 0 saturated heterocycles. The summed E-state index contributed by atoms with van der Waals surface area (Å²) < 4.78 is 0. The van der Waals surface area contributed by atoms with Gasteiger partial charge >= 0.3 is 0 Å². The molecule has 0 atom stereocenters. The fourth-order valence-corrected chi connectivity index (χ4v) is 0.825. The van der Waals surface area contributed by atoms with Crippen molar-refractivity contribution in [3.8, 4) is 0 Å². The van der Waals surface area contributed by atoms with Crippen molar-refractivity contribution in [3.05, 3.63) is 66.7 Å². The van der Waals surface area contributed by atoms with Crippen molar-refractivity contribution in [1.82, 2.24) is 0 Å². The third-order valence-corrected chi connectivity index (χ3v) is 1.48. The summed E-state index contributed by atoms with van der Waals surface area (Å²) in [5.41, 5.74) is 3.38. The molecule has 0 amide bonds. The van der Waals surface area contributed by atoms with Gasteiger partial charge in [-0.2, -0.15) is 60.7 Å². The Bertz CT molecular complexity index is 298. The van der Waals surface area contributed by atoms with E-state index in [1.807, 2.05) is 76.2 Å². The SMILES string of the molecule is CC.CC.NNc1c[c-]ccc1.[Y].[c-]1ccccc1. The van der Waals surface area contributed by atoms with E-state index in [1.54, 1.807) is 6.07 Å². The van der Waals surface area contributed by atoms with E-state index in [0.29, 0.717) is 0 Å². The zero-order valence-corrected chi connectivity index (χ0v) is 15.2. The summed E-state index contributed by atoms with van der Waals surface area (Å²) in [5.74, 6) is 5.08. The van der Waals surface area contributed by atoms with Crippen LogP contribution in [-0.4, -0.2) is 0 Å². The molecular weight excluding hydrogens is 309 g/mol. The molecule has 0 saturated carbocycles. The number of nitrogen functional groups attached to an aromatic ring is 1. The van der Waals surface area contributed by atoms with Gasteiger partial charge < -0.3 is 5.43 Å². The molecule has 3 heteroatoms. The maximum absolute atomic E-state index is 5.08. The molecule has 0 aliphatic heterocycles. The van der Waals surface area contributed by atoms with Gasteiger partial charge in [0, 0.05) is 32.7 Å². The van der Waals surface area contributed by atoms with E-state index in [1.165, 1.54) is 0 Å². The average Bonchev–Trinajstić information content (AvgIpc) is 2.54. The topological polar surface area (TPSA) is 38.0 Å². The molecule has 2 nitrogen and oxygen atoms in total. The minimum absolute atomic E-state index is 0. The smallest absolute Gasteiger partial charge is 0 e. The maximum atomic E-state index is 5.08. The van der Waals surface area contributed by atoms with Gasteiger partial charge in [0.1, 0.15) is 0 Å². The Labute approximate surface area is 143 Å². The summed E-state index contributed by atoms with van der Waals surface area (Å²) in [6.45, 7) is 8.00. The van der Waals surface area contributed by atoms with Crippen LogP contribution in [0.4, 0.5) is 5.69 Å². The van der Waals surface area contributed by atoms with E-state index in [2.05, 4.69) is 17.6 Å². The van der Waals surface area contributed by atoms with Crippen LogP contribution < -0.4 is 11.3 Å². The van der Waals surface area contributed by atoms with Crippen LogP contribution in [0.1, 0.15) is 27.7 Å². The Kier molecular flexibility index (Phi) is 27.7. The first-order valence-electron chi connectivity index (χ1n) is 6.27. The van der Waals surface area contributed by atoms with Crippen molar-refractivity contribution in [2.75, 3.05) is 5.43 Å². The number of rotatable bonds is 1. The number of nitrogens with two attached hydrogens (primary N) is 1. The van der Waals surface area contributed by atoms with Gasteiger partial charge in [0.25, 0.3) is 0 Å². The summed E-state index contributed by atoms with van der Waals surface area (Å²) in [7, 11) is 0. The van der Waals surface area contributed by atoms with Crippen molar-refractivity contribution < 1.29 is 32.7 Å². The zero-order chi connectivity index (χ0) is 14.1. The van der Waals surface area contributed by atoms with Crippen molar-refractivity contribution in [2.45, 2.75) is 27.7 Å². The molecule has 0 fully saturated rings. The molecule has 1 radical (unpaired) electrons. The van der Waals surface area contributed by atoms with Crippen LogP contribution in [0.15, 0.2) is 54.6 Å². The predicted octanol–water partition coefficient (Wildman–Crippen LogP) is 4.31. The summed E-state index contributed by atoms with van der Waals surface area (Å²) in [5, 5.41) is 0. The van der Waals surface area contributed by atoms with E-state index in [9.17, 15) is 0 Å². The van der Waals surface area contributed by atoms with Crippen LogP contribution in [0.5, 0.6) is 0 Å². The van der Waals surface area contributed by atoms with Gasteiger partial charge in [-0.05, 0) is 0 Å². The molecule has 2 aromatic carbocycles. The summed E-state index contributed by atoms with van der Waals surface area (Å²) in [6.07, 6.45) is 0. The molecule has 0 aliphatic rings. The Balaban J connectivity index is -0.000000209. The predicted molar refractivity (Wildman–Crippen MR) is 81.1 cm³/mol. The first-order valence-corrected chi connectivity index (χ1v) is 6.27. The third kappa shape index (κ3) is 17.3. The molecule has 0 aliphatic carbocycles. The maximum Gasteiger partial charge on any atom is 0 e. The number of nitrogens with one attached hydrogen (secondary N) is 1. The average molecular weight is 333 g/mol. The summed E-state index contributed by atoms with van der Waals surface area (Å²) >= 11 is 0. The van der Waals surface area contributed by atoms with E-state index < -0.39 is 0 Å². The molecule has 19 heavy (non-hydrogen) atoms. The van der Waals surface area contributed by atoms with Crippen molar-refractivity contribution in [2.24, 2.45) is 5.84 Å². The number of anilines is 1. The first kappa shape index (κ1) is 23.4. The second-order valence-corrected chi connectivity index (χ2v) is 2.51. The zero-order valence-electron chi connectivity index (χ0n) is 12.4. The summed E-state index contributed by atoms with van der Waals surface area (Å²) in [4.78, 5) is 0. The minimum atomic E-state index is 0. The molecule has 103 valence electrons. The van der Waals surface area contributed by atoms with Gasteiger partial charge in [-0.15, -0.1) is 6.07 Å². The fourth-order valence-electron chi connectivity index (χ4n) is 0.825. The first-order chi connectivity index (χ1) is 8.93. The molecule has 0 unspecified atom stereocenters. The van der Waals surface area contributed by atoms with Crippen LogP contribution in [0.2, 0.25) is 0 Å². The normalized spacial score (nSPS) is 6.79. The van der Waals surface area contributed by atoms with Gasteiger partial charge in [-0.25, -0.2) is 0 Å². The van der Waals surface area contributed by atoms with Gasteiger partial charge in [-0.3, -0.25) is 5.84 Å². The molecule has 2 rings (SSSR count). The van der Waals surface area contributed by atoms with Crippen LogP contribution in [0, 0.1) is 12.1 Å².